The van der Waals surface area contributed by atoms with Crippen molar-refractivity contribution in [1.82, 2.24) is 14.8 Å². The Hall–Kier alpha value is -3.87. The van der Waals surface area contributed by atoms with Gasteiger partial charge in [0.15, 0.2) is 5.75 Å². The number of hydrogen-bond donors (Lipinski definition) is 2. The molecule has 10 heteroatoms. The summed E-state index contributed by atoms with van der Waals surface area (Å²) in [6, 6.07) is 12.1. The number of nitriles is 1. The molecular weight excluding hydrogens is 435 g/mol. The molecule has 1 saturated carbocycles. The van der Waals surface area contributed by atoms with Gasteiger partial charge >= 0.3 is 6.18 Å². The summed E-state index contributed by atoms with van der Waals surface area (Å²) >= 11 is 0. The van der Waals surface area contributed by atoms with Crippen molar-refractivity contribution < 1.29 is 23.1 Å². The van der Waals surface area contributed by atoms with Gasteiger partial charge in [-0.3, -0.25) is 4.79 Å². The van der Waals surface area contributed by atoms with Crippen LogP contribution in [0.5, 0.6) is 5.75 Å². The fourth-order valence-electron chi connectivity index (χ4n) is 4.28. The first kappa shape index (κ1) is 22.3. The Morgan fingerprint density at radius 1 is 1.30 bits per heavy atom. The molecule has 1 aliphatic rings. The molecule has 1 amide bonds. The molecule has 3 aromatic rings. The van der Waals surface area contributed by atoms with Crippen LogP contribution in [-0.2, 0) is 25.1 Å². The molecule has 1 aromatic heterocycles. The van der Waals surface area contributed by atoms with Crippen LogP contribution in [0.1, 0.15) is 40.2 Å². The van der Waals surface area contributed by atoms with Crippen molar-refractivity contribution >= 4 is 11.6 Å². The zero-order valence-electron chi connectivity index (χ0n) is 17.6. The lowest BCUT2D eigenvalue weighted by atomic mass is 9.57. The van der Waals surface area contributed by atoms with Gasteiger partial charge in [0.05, 0.1) is 17.3 Å². The number of aromatic nitrogens is 3. The normalized spacial score (nSPS) is 20.0. The summed E-state index contributed by atoms with van der Waals surface area (Å²) in [7, 11) is 1.83. The number of carbonyl (C=O) groups is 1. The Balaban J connectivity index is 1.61. The number of phenols is 1. The van der Waals surface area contributed by atoms with Crippen molar-refractivity contribution in [1.29, 1.82) is 5.26 Å². The number of aromatic hydroxyl groups is 1. The summed E-state index contributed by atoms with van der Waals surface area (Å²) < 4.78 is 41.0. The SMILES string of the molecule is Cn1cnnc1C[C@]1(c2cccc(C(=O)Nc3cccc(C(F)(F)F)c3O)c2)C[C@H](C#N)C1. The van der Waals surface area contributed by atoms with Gasteiger partial charge in [0.25, 0.3) is 5.91 Å². The van der Waals surface area contributed by atoms with Crippen LogP contribution in [-0.4, -0.2) is 25.8 Å². The van der Waals surface area contributed by atoms with Crippen LogP contribution in [0.2, 0.25) is 0 Å². The van der Waals surface area contributed by atoms with E-state index in [-0.39, 0.29) is 17.2 Å². The molecule has 0 aliphatic heterocycles. The standard InChI is InChI=1S/C23H20F3N5O2/c1-31-13-28-30-19(31)11-22(9-14(10-22)12-27)16-5-2-4-15(8-16)21(33)29-18-7-3-6-17(20(18)32)23(24,25)26/h2-8,13-14,32H,9-11H2,1H3,(H,29,33)/t14-,22-. The van der Waals surface area contributed by atoms with Crippen LogP contribution in [0.15, 0.2) is 48.8 Å². The summed E-state index contributed by atoms with van der Waals surface area (Å²) in [6.45, 7) is 0. The van der Waals surface area contributed by atoms with Gasteiger partial charge in [-0.1, -0.05) is 18.2 Å². The highest BCUT2D eigenvalue weighted by atomic mass is 19.4. The van der Waals surface area contributed by atoms with Crippen LogP contribution in [0.25, 0.3) is 0 Å². The van der Waals surface area contributed by atoms with Crippen LogP contribution in [0, 0.1) is 17.2 Å². The molecule has 33 heavy (non-hydrogen) atoms. The lowest BCUT2D eigenvalue weighted by Gasteiger charge is -2.45. The highest BCUT2D eigenvalue weighted by Gasteiger charge is 2.46. The molecule has 0 atom stereocenters. The maximum absolute atomic E-state index is 13.1. The molecule has 4 rings (SSSR count). The number of carbonyl (C=O) groups excluding carboxylic acids is 1. The summed E-state index contributed by atoms with van der Waals surface area (Å²) in [5.74, 6) is -1.06. The van der Waals surface area contributed by atoms with Gasteiger partial charge in [-0.05, 0) is 42.7 Å². The van der Waals surface area contributed by atoms with Gasteiger partial charge in [-0.2, -0.15) is 18.4 Å². The second-order valence-corrected chi connectivity index (χ2v) is 8.28. The number of nitrogens with zero attached hydrogens (tertiary/aromatic N) is 4. The van der Waals surface area contributed by atoms with Crippen molar-refractivity contribution in [2.75, 3.05) is 5.32 Å². The van der Waals surface area contributed by atoms with E-state index in [1.165, 1.54) is 6.07 Å². The predicted molar refractivity (Wildman–Crippen MR) is 112 cm³/mol. The van der Waals surface area contributed by atoms with Gasteiger partial charge in [0.1, 0.15) is 12.2 Å². The van der Waals surface area contributed by atoms with E-state index in [0.29, 0.717) is 19.3 Å². The molecule has 0 bridgehead atoms. The minimum atomic E-state index is -4.75. The highest BCUT2D eigenvalue weighted by Crippen LogP contribution is 2.49. The molecule has 0 unspecified atom stereocenters. The number of nitrogens with one attached hydrogen (secondary N) is 1. The van der Waals surface area contributed by atoms with Crippen molar-refractivity contribution in [3.05, 3.63) is 71.3 Å². The first-order valence-corrected chi connectivity index (χ1v) is 10.2. The molecule has 2 N–H and O–H groups in total. The van der Waals surface area contributed by atoms with E-state index in [9.17, 15) is 28.3 Å². The van der Waals surface area contributed by atoms with Gasteiger partial charge in [-0.15, -0.1) is 10.2 Å². The molecule has 0 spiro atoms. The largest absolute Gasteiger partial charge is 0.505 e. The Morgan fingerprint density at radius 3 is 2.67 bits per heavy atom. The minimum absolute atomic E-state index is 0.113. The van der Waals surface area contributed by atoms with Gasteiger partial charge in [0, 0.05) is 30.4 Å². The van der Waals surface area contributed by atoms with Gasteiger partial charge < -0.3 is 15.0 Å². The van der Waals surface area contributed by atoms with Crippen molar-refractivity contribution in [3.8, 4) is 11.8 Å². The molecule has 0 saturated heterocycles. The molecule has 1 heterocycles. The summed E-state index contributed by atoms with van der Waals surface area (Å²) in [4.78, 5) is 12.8. The third-order valence-corrected chi connectivity index (χ3v) is 6.09. The average molecular weight is 455 g/mol. The smallest absolute Gasteiger partial charge is 0.420 e. The highest BCUT2D eigenvalue weighted by molar-refractivity contribution is 6.05. The lowest BCUT2D eigenvalue weighted by molar-refractivity contribution is -0.138. The number of alkyl halides is 3. The predicted octanol–water partition coefficient (Wildman–Crippen LogP) is 4.21. The van der Waals surface area contributed by atoms with E-state index in [0.717, 1.165) is 23.5 Å². The number of para-hydroxylation sites is 1. The zero-order valence-corrected chi connectivity index (χ0v) is 17.6. The van der Waals surface area contributed by atoms with E-state index in [1.807, 2.05) is 13.1 Å². The Labute approximate surface area is 187 Å². The quantitative estimate of drug-likeness (QED) is 0.561. The maximum Gasteiger partial charge on any atom is 0.420 e. The number of anilines is 1. The first-order valence-electron chi connectivity index (χ1n) is 10.2. The van der Waals surface area contributed by atoms with Crippen LogP contribution >= 0.6 is 0 Å². The van der Waals surface area contributed by atoms with E-state index < -0.39 is 28.8 Å². The third-order valence-electron chi connectivity index (χ3n) is 6.09. The lowest BCUT2D eigenvalue weighted by Crippen LogP contribution is -2.43. The second-order valence-electron chi connectivity index (χ2n) is 8.28. The number of aryl methyl sites for hydroxylation is 1. The summed E-state index contributed by atoms with van der Waals surface area (Å²) in [6.07, 6.45) is -1.44. The van der Waals surface area contributed by atoms with Crippen LogP contribution in [0.4, 0.5) is 18.9 Å². The number of rotatable bonds is 5. The zero-order chi connectivity index (χ0) is 23.8. The molecule has 2 aromatic carbocycles. The third kappa shape index (κ3) is 4.26. The number of benzene rings is 2. The molecular formula is C23H20F3N5O2. The molecule has 0 radical (unpaired) electrons. The van der Waals surface area contributed by atoms with Crippen LogP contribution < -0.4 is 5.32 Å². The Bertz CT molecular complexity index is 1240. The van der Waals surface area contributed by atoms with E-state index >= 15 is 0 Å². The first-order chi connectivity index (χ1) is 15.6. The number of halogens is 3. The molecule has 7 nitrogen and oxygen atoms in total. The maximum atomic E-state index is 13.1. The molecule has 1 fully saturated rings. The summed E-state index contributed by atoms with van der Waals surface area (Å²) in [5, 5.41) is 29.7. The molecule has 1 aliphatic carbocycles. The van der Waals surface area contributed by atoms with Gasteiger partial charge in [0.2, 0.25) is 0 Å². The van der Waals surface area contributed by atoms with Crippen LogP contribution in [0.3, 0.4) is 0 Å². The van der Waals surface area contributed by atoms with Crippen molar-refractivity contribution in [2.45, 2.75) is 30.9 Å². The topological polar surface area (TPSA) is 104 Å². The van der Waals surface area contributed by atoms with E-state index in [4.69, 9.17) is 0 Å². The van der Waals surface area contributed by atoms with Gasteiger partial charge in [-0.25, -0.2) is 0 Å². The molecule has 170 valence electrons. The second kappa shape index (κ2) is 8.24. The number of amides is 1. The van der Waals surface area contributed by atoms with Crippen molar-refractivity contribution in [2.24, 2.45) is 13.0 Å². The Kier molecular flexibility index (Phi) is 5.57. The van der Waals surface area contributed by atoms with E-state index in [2.05, 4.69) is 21.6 Å². The van der Waals surface area contributed by atoms with Crippen molar-refractivity contribution in [3.63, 3.8) is 0 Å². The minimum Gasteiger partial charge on any atom is -0.505 e. The number of phenolic OH excluding ortho intramolecular Hbond substituents is 1. The Morgan fingerprint density at radius 2 is 2.03 bits per heavy atom. The number of hydrogen-bond acceptors (Lipinski definition) is 5. The summed E-state index contributed by atoms with van der Waals surface area (Å²) in [5.41, 5.74) is -0.911. The van der Waals surface area contributed by atoms with E-state index in [1.54, 1.807) is 29.1 Å². The average Bonchev–Trinajstić information content (AvgIpc) is 3.15. The monoisotopic (exact) mass is 455 g/mol. The fourth-order valence-corrected chi connectivity index (χ4v) is 4.28. The fraction of sp³-hybridized carbons (Fsp3) is 0.304.